The van der Waals surface area contributed by atoms with Gasteiger partial charge in [0.15, 0.2) is 18.1 Å². The Morgan fingerprint density at radius 2 is 1.75 bits per heavy atom. The molecule has 0 saturated heterocycles. The third-order valence-corrected chi connectivity index (χ3v) is 3.59. The van der Waals surface area contributed by atoms with Gasteiger partial charge in [-0.2, -0.15) is 0 Å². The van der Waals surface area contributed by atoms with Gasteiger partial charge in [-0.15, -0.1) is 0 Å². The molecule has 5 nitrogen and oxygen atoms in total. The lowest BCUT2D eigenvalue weighted by Gasteiger charge is -2.10. The Balaban J connectivity index is 1.84. The summed E-state index contributed by atoms with van der Waals surface area (Å²) in [6, 6.07) is 10.7. The first-order chi connectivity index (χ1) is 11.7. The van der Waals surface area contributed by atoms with Gasteiger partial charge in [-0.3, -0.25) is 0 Å². The number of hydrogen-bond acceptors (Lipinski definition) is 5. The normalized spacial score (nSPS) is 10.7. The molecule has 0 heterocycles. The minimum atomic E-state index is 0.281. The van der Waals surface area contributed by atoms with Crippen molar-refractivity contribution in [1.29, 1.82) is 0 Å². The minimum Gasteiger partial charge on any atom is -0.493 e. The predicted octanol–water partition coefficient (Wildman–Crippen LogP) is 4.44. The first kappa shape index (κ1) is 18.2. The van der Waals surface area contributed by atoms with Gasteiger partial charge in [0, 0.05) is 5.56 Å². The highest BCUT2D eigenvalue weighted by molar-refractivity contribution is 6.32. The highest BCUT2D eigenvalue weighted by Crippen LogP contribution is 2.35. The minimum absolute atomic E-state index is 0.281. The summed E-state index contributed by atoms with van der Waals surface area (Å²) in [5, 5.41) is 4.86. The zero-order chi connectivity index (χ0) is 17.4. The number of ether oxygens (including phenoxy) is 3. The van der Waals surface area contributed by atoms with Gasteiger partial charge < -0.3 is 19.0 Å². The fraction of sp³-hybridized carbons (Fsp3) is 0.235. The summed E-state index contributed by atoms with van der Waals surface area (Å²) in [7, 11) is 3.07. The van der Waals surface area contributed by atoms with Crippen LogP contribution in [-0.2, 0) is 4.84 Å². The zero-order valence-electron chi connectivity index (χ0n) is 13.3. The quantitative estimate of drug-likeness (QED) is 0.392. The number of hydrogen-bond donors (Lipinski definition) is 0. The number of oxime groups is 1. The summed E-state index contributed by atoms with van der Waals surface area (Å²) in [6.45, 7) is 0.608. The Kier molecular flexibility index (Phi) is 7.03. The molecule has 0 aliphatic rings. The average molecular weight is 370 g/mol. The van der Waals surface area contributed by atoms with Crippen molar-refractivity contribution < 1.29 is 19.0 Å². The van der Waals surface area contributed by atoms with Gasteiger partial charge in [-0.25, -0.2) is 0 Å². The third-order valence-electron chi connectivity index (χ3n) is 3.00. The summed E-state index contributed by atoms with van der Waals surface area (Å²) < 4.78 is 15.9. The van der Waals surface area contributed by atoms with E-state index in [0.29, 0.717) is 33.9 Å². The van der Waals surface area contributed by atoms with E-state index in [4.69, 9.17) is 42.3 Å². The molecule has 128 valence electrons. The van der Waals surface area contributed by atoms with Crippen molar-refractivity contribution in [3.63, 3.8) is 0 Å². The molecule has 0 unspecified atom stereocenters. The fourth-order valence-electron chi connectivity index (χ4n) is 1.91. The number of nitrogens with zero attached hydrogens (tertiary/aromatic N) is 1. The lowest BCUT2D eigenvalue weighted by molar-refractivity contribution is 0.108. The van der Waals surface area contributed by atoms with Gasteiger partial charge in [-0.05, 0) is 24.3 Å². The number of para-hydroxylation sites is 1. The molecule has 2 aromatic rings. The molecule has 0 bridgehead atoms. The maximum atomic E-state index is 6.12. The summed E-state index contributed by atoms with van der Waals surface area (Å²) >= 11 is 12.1. The van der Waals surface area contributed by atoms with Gasteiger partial charge in [-0.1, -0.05) is 40.5 Å². The second-order valence-electron chi connectivity index (χ2n) is 4.58. The van der Waals surface area contributed by atoms with Crippen molar-refractivity contribution in [3.05, 3.63) is 52.0 Å². The SMILES string of the molecule is COc1cc(/C=N\OCCOc2ccccc2Cl)cc(Cl)c1OC. The zero-order valence-corrected chi connectivity index (χ0v) is 14.8. The highest BCUT2D eigenvalue weighted by atomic mass is 35.5. The highest BCUT2D eigenvalue weighted by Gasteiger charge is 2.09. The van der Waals surface area contributed by atoms with E-state index in [9.17, 15) is 0 Å². The Morgan fingerprint density at radius 1 is 0.958 bits per heavy atom. The van der Waals surface area contributed by atoms with Gasteiger partial charge in [0.2, 0.25) is 0 Å². The van der Waals surface area contributed by atoms with Gasteiger partial charge in [0.1, 0.15) is 12.4 Å². The van der Waals surface area contributed by atoms with Crippen LogP contribution < -0.4 is 14.2 Å². The van der Waals surface area contributed by atoms with E-state index >= 15 is 0 Å². The summed E-state index contributed by atoms with van der Waals surface area (Å²) in [4.78, 5) is 5.16. The van der Waals surface area contributed by atoms with E-state index < -0.39 is 0 Å². The van der Waals surface area contributed by atoms with Crippen LogP contribution in [-0.4, -0.2) is 33.6 Å². The Hall–Kier alpha value is -2.11. The van der Waals surface area contributed by atoms with Crippen LogP contribution >= 0.6 is 23.2 Å². The summed E-state index contributed by atoms with van der Waals surface area (Å²) in [5.74, 6) is 1.61. The maximum Gasteiger partial charge on any atom is 0.179 e. The lowest BCUT2D eigenvalue weighted by Crippen LogP contribution is -2.04. The van der Waals surface area contributed by atoms with E-state index in [1.807, 2.05) is 12.1 Å². The first-order valence-corrected chi connectivity index (χ1v) is 7.85. The van der Waals surface area contributed by atoms with E-state index in [2.05, 4.69) is 5.16 Å². The van der Waals surface area contributed by atoms with E-state index in [0.717, 1.165) is 5.56 Å². The molecule has 0 aromatic heterocycles. The average Bonchev–Trinajstić information content (AvgIpc) is 2.58. The Labute approximate surface area is 150 Å². The molecule has 0 amide bonds. The van der Waals surface area contributed by atoms with Crippen LogP contribution in [0.5, 0.6) is 17.2 Å². The molecule has 24 heavy (non-hydrogen) atoms. The smallest absolute Gasteiger partial charge is 0.179 e. The lowest BCUT2D eigenvalue weighted by atomic mass is 10.2. The van der Waals surface area contributed by atoms with Crippen LogP contribution in [0.25, 0.3) is 0 Å². The summed E-state index contributed by atoms with van der Waals surface area (Å²) in [6.07, 6.45) is 1.53. The monoisotopic (exact) mass is 369 g/mol. The predicted molar refractivity (Wildman–Crippen MR) is 95.0 cm³/mol. The molecular weight excluding hydrogens is 353 g/mol. The number of methoxy groups -OCH3 is 2. The molecule has 7 heteroatoms. The number of halogens is 2. The fourth-order valence-corrected chi connectivity index (χ4v) is 2.40. The second-order valence-corrected chi connectivity index (χ2v) is 5.40. The molecule has 0 N–H and O–H groups in total. The van der Waals surface area contributed by atoms with Crippen molar-refractivity contribution in [2.75, 3.05) is 27.4 Å². The standard InChI is InChI=1S/C17H17Cl2NO4/c1-21-16-10-12(9-14(19)17(16)22-2)11-20-24-8-7-23-15-6-4-3-5-13(15)18/h3-6,9-11H,7-8H2,1-2H3/b20-11-. The molecule has 0 fully saturated rings. The second kappa shape index (κ2) is 9.25. The van der Waals surface area contributed by atoms with Crippen LogP contribution in [0.2, 0.25) is 10.0 Å². The largest absolute Gasteiger partial charge is 0.493 e. The van der Waals surface area contributed by atoms with E-state index in [1.165, 1.54) is 20.4 Å². The molecular formula is C17H17Cl2NO4. The molecule has 0 aliphatic carbocycles. The third kappa shape index (κ3) is 4.94. The molecule has 2 aromatic carbocycles. The van der Waals surface area contributed by atoms with Gasteiger partial charge >= 0.3 is 0 Å². The van der Waals surface area contributed by atoms with Crippen molar-refractivity contribution in [2.24, 2.45) is 5.16 Å². The van der Waals surface area contributed by atoms with Crippen LogP contribution in [0.1, 0.15) is 5.56 Å². The molecule has 0 atom stereocenters. The van der Waals surface area contributed by atoms with Crippen LogP contribution in [0.4, 0.5) is 0 Å². The number of benzene rings is 2. The molecule has 0 saturated carbocycles. The number of rotatable bonds is 8. The van der Waals surface area contributed by atoms with Crippen molar-refractivity contribution in [2.45, 2.75) is 0 Å². The molecule has 0 radical (unpaired) electrons. The first-order valence-electron chi connectivity index (χ1n) is 7.10. The Bertz CT molecular complexity index is 707. The molecule has 0 spiro atoms. The maximum absolute atomic E-state index is 6.12. The van der Waals surface area contributed by atoms with Crippen molar-refractivity contribution >= 4 is 29.4 Å². The van der Waals surface area contributed by atoms with Crippen LogP contribution in [0.15, 0.2) is 41.6 Å². The van der Waals surface area contributed by atoms with Gasteiger partial charge in [0.05, 0.1) is 30.5 Å². The topological polar surface area (TPSA) is 49.3 Å². The van der Waals surface area contributed by atoms with Crippen LogP contribution in [0.3, 0.4) is 0 Å². The van der Waals surface area contributed by atoms with E-state index in [-0.39, 0.29) is 6.61 Å². The summed E-state index contributed by atoms with van der Waals surface area (Å²) in [5.41, 5.74) is 0.727. The van der Waals surface area contributed by atoms with Crippen LogP contribution in [0, 0.1) is 0 Å². The van der Waals surface area contributed by atoms with Gasteiger partial charge in [0.25, 0.3) is 0 Å². The van der Waals surface area contributed by atoms with Crippen molar-refractivity contribution in [1.82, 2.24) is 0 Å². The Morgan fingerprint density at radius 3 is 2.46 bits per heavy atom. The van der Waals surface area contributed by atoms with Crippen molar-refractivity contribution in [3.8, 4) is 17.2 Å². The molecule has 0 aliphatic heterocycles. The van der Waals surface area contributed by atoms with E-state index in [1.54, 1.807) is 24.3 Å². The molecule has 2 rings (SSSR count).